The summed E-state index contributed by atoms with van der Waals surface area (Å²) in [5.74, 6) is -1.09. The number of esters is 1. The smallest absolute Gasteiger partial charge is 0.320 e. The van der Waals surface area contributed by atoms with Crippen LogP contribution in [0.4, 0.5) is 5.69 Å². The minimum absolute atomic E-state index is 0. The maximum absolute atomic E-state index is 12.1. The fourth-order valence-electron chi connectivity index (χ4n) is 1.79. The molecule has 1 aromatic rings. The van der Waals surface area contributed by atoms with E-state index in [9.17, 15) is 18.0 Å². The van der Waals surface area contributed by atoms with Gasteiger partial charge in [0, 0.05) is 5.69 Å². The van der Waals surface area contributed by atoms with Crippen LogP contribution >= 0.6 is 12.4 Å². The first-order chi connectivity index (χ1) is 11.2. The Kier molecular flexibility index (Phi) is 9.65. The molecule has 0 aromatic heterocycles. The quantitative estimate of drug-likeness (QED) is 0.562. The van der Waals surface area contributed by atoms with Crippen molar-refractivity contribution in [2.24, 2.45) is 11.7 Å². The monoisotopic (exact) mass is 393 g/mol. The third-order valence-corrected chi connectivity index (χ3v) is 5.00. The lowest BCUT2D eigenvalue weighted by Crippen LogP contribution is -2.40. The highest BCUT2D eigenvalue weighted by molar-refractivity contribution is 7.89. The summed E-state index contributed by atoms with van der Waals surface area (Å²) in [6.07, 6.45) is 0.750. The molecule has 0 radical (unpaired) electrons. The Bertz CT molecular complexity index is 696. The normalized spacial score (nSPS) is 13.3. The second-order valence-corrected chi connectivity index (χ2v) is 7.10. The van der Waals surface area contributed by atoms with E-state index in [4.69, 9.17) is 5.73 Å². The first-order valence-electron chi connectivity index (χ1n) is 7.44. The van der Waals surface area contributed by atoms with Crippen molar-refractivity contribution < 1.29 is 22.7 Å². The highest BCUT2D eigenvalue weighted by Gasteiger charge is 2.21. The van der Waals surface area contributed by atoms with Crippen LogP contribution in [-0.4, -0.2) is 40.0 Å². The molecule has 0 heterocycles. The topological polar surface area (TPSA) is 128 Å². The van der Waals surface area contributed by atoms with Crippen molar-refractivity contribution in [2.45, 2.75) is 31.2 Å². The zero-order chi connectivity index (χ0) is 18.3. The second-order valence-electron chi connectivity index (χ2n) is 5.33. The Morgan fingerprint density at radius 1 is 1.32 bits per heavy atom. The number of nitrogens with one attached hydrogen (secondary N) is 2. The summed E-state index contributed by atoms with van der Waals surface area (Å²) in [6.45, 7) is 3.31. The molecule has 1 aromatic carbocycles. The highest BCUT2D eigenvalue weighted by atomic mass is 35.5. The summed E-state index contributed by atoms with van der Waals surface area (Å²) in [5, 5.41) is 2.60. The number of nitrogens with two attached hydrogens (primary N) is 1. The molecule has 1 amide bonds. The molecule has 0 fully saturated rings. The molecular weight excluding hydrogens is 370 g/mol. The van der Waals surface area contributed by atoms with E-state index < -0.39 is 28.6 Å². The molecule has 0 bridgehead atoms. The van der Waals surface area contributed by atoms with Crippen molar-refractivity contribution in [3.05, 3.63) is 24.3 Å². The standard InChI is InChI=1S/C15H23N3O5S.ClH/c1-4-10(2)14(16)15(20)18-11-6-5-7-12(8-11)24(21,22)17-9-13(19)23-3;/h5-8,10,14,17H,4,9,16H2,1-3H3,(H,18,20);1H. The number of hydrogen-bond donors (Lipinski definition) is 3. The van der Waals surface area contributed by atoms with Crippen molar-refractivity contribution >= 4 is 40.0 Å². The van der Waals surface area contributed by atoms with Gasteiger partial charge in [0.1, 0.15) is 6.54 Å². The Balaban J connectivity index is 0.00000576. The van der Waals surface area contributed by atoms with E-state index in [1.54, 1.807) is 6.07 Å². The van der Waals surface area contributed by atoms with Crippen LogP contribution in [0.1, 0.15) is 20.3 Å². The summed E-state index contributed by atoms with van der Waals surface area (Å²) in [7, 11) is -2.74. The Labute approximate surface area is 154 Å². The van der Waals surface area contributed by atoms with Gasteiger partial charge in [-0.25, -0.2) is 8.42 Å². The molecule has 0 aliphatic heterocycles. The van der Waals surface area contributed by atoms with Crippen LogP contribution in [0.15, 0.2) is 29.2 Å². The average Bonchev–Trinajstić information content (AvgIpc) is 2.58. The van der Waals surface area contributed by atoms with Crippen molar-refractivity contribution in [1.82, 2.24) is 4.72 Å². The molecule has 4 N–H and O–H groups in total. The van der Waals surface area contributed by atoms with Crippen molar-refractivity contribution in [3.63, 3.8) is 0 Å². The van der Waals surface area contributed by atoms with Gasteiger partial charge in [0.25, 0.3) is 0 Å². The van der Waals surface area contributed by atoms with Crippen LogP contribution < -0.4 is 15.8 Å². The third-order valence-electron chi connectivity index (χ3n) is 3.61. The Morgan fingerprint density at radius 3 is 2.52 bits per heavy atom. The number of benzene rings is 1. The van der Waals surface area contributed by atoms with Gasteiger partial charge in [0.15, 0.2) is 0 Å². The lowest BCUT2D eigenvalue weighted by atomic mass is 9.99. The molecule has 25 heavy (non-hydrogen) atoms. The van der Waals surface area contributed by atoms with Crippen molar-refractivity contribution in [1.29, 1.82) is 0 Å². The second kappa shape index (κ2) is 10.3. The molecule has 0 saturated carbocycles. The van der Waals surface area contributed by atoms with Crippen LogP contribution in [0.3, 0.4) is 0 Å². The van der Waals surface area contributed by atoms with E-state index in [1.807, 2.05) is 13.8 Å². The molecule has 0 saturated heterocycles. The summed E-state index contributed by atoms with van der Waals surface area (Å²) in [4.78, 5) is 23.0. The van der Waals surface area contributed by atoms with E-state index in [0.29, 0.717) is 5.69 Å². The summed E-state index contributed by atoms with van der Waals surface area (Å²) in [5.41, 5.74) is 6.15. The van der Waals surface area contributed by atoms with Gasteiger partial charge in [0.2, 0.25) is 15.9 Å². The van der Waals surface area contributed by atoms with Gasteiger partial charge < -0.3 is 15.8 Å². The number of anilines is 1. The first-order valence-corrected chi connectivity index (χ1v) is 8.92. The molecule has 8 nitrogen and oxygen atoms in total. The maximum atomic E-state index is 12.1. The van der Waals surface area contributed by atoms with Gasteiger partial charge >= 0.3 is 5.97 Å². The lowest BCUT2D eigenvalue weighted by Gasteiger charge is -2.18. The molecule has 0 spiro atoms. The number of methoxy groups -OCH3 is 1. The third kappa shape index (κ3) is 6.99. The van der Waals surface area contributed by atoms with Gasteiger partial charge in [-0.3, -0.25) is 9.59 Å². The van der Waals surface area contributed by atoms with E-state index >= 15 is 0 Å². The molecular formula is C15H24ClN3O5S. The molecule has 142 valence electrons. The summed E-state index contributed by atoms with van der Waals surface area (Å²) in [6, 6.07) is 5.00. The van der Waals surface area contributed by atoms with E-state index in [2.05, 4.69) is 14.8 Å². The minimum atomic E-state index is -3.90. The SMILES string of the molecule is CCC(C)C(N)C(=O)Nc1cccc(S(=O)(=O)NCC(=O)OC)c1.Cl. The fourth-order valence-corrected chi connectivity index (χ4v) is 2.80. The zero-order valence-electron chi connectivity index (χ0n) is 14.3. The number of carbonyl (C=O) groups is 2. The number of ether oxygens (including phenoxy) is 1. The maximum Gasteiger partial charge on any atom is 0.320 e. The van der Waals surface area contributed by atoms with Crippen molar-refractivity contribution in [2.75, 3.05) is 19.0 Å². The molecule has 0 aliphatic rings. The molecule has 2 unspecified atom stereocenters. The minimum Gasteiger partial charge on any atom is -0.468 e. The number of carbonyl (C=O) groups excluding carboxylic acids is 2. The number of hydrogen-bond acceptors (Lipinski definition) is 6. The first kappa shape index (κ1) is 23.3. The van der Waals surface area contributed by atoms with Crippen molar-refractivity contribution in [3.8, 4) is 0 Å². The van der Waals surface area contributed by atoms with Crippen LogP contribution in [-0.2, 0) is 24.3 Å². The summed E-state index contributed by atoms with van der Waals surface area (Å²) < 4.78 is 30.7. The van der Waals surface area contributed by atoms with Crippen LogP contribution in [0.2, 0.25) is 0 Å². The summed E-state index contributed by atoms with van der Waals surface area (Å²) >= 11 is 0. The average molecular weight is 394 g/mol. The highest BCUT2D eigenvalue weighted by Crippen LogP contribution is 2.16. The van der Waals surface area contributed by atoms with Gasteiger partial charge in [-0.05, 0) is 24.1 Å². The predicted octanol–water partition coefficient (Wildman–Crippen LogP) is 0.872. The number of halogens is 1. The molecule has 1 rings (SSSR count). The Hall–Kier alpha value is -1.68. The van der Waals surface area contributed by atoms with Gasteiger partial charge in [0.05, 0.1) is 18.0 Å². The van der Waals surface area contributed by atoms with Crippen LogP contribution in [0.25, 0.3) is 0 Å². The zero-order valence-corrected chi connectivity index (χ0v) is 15.9. The fraction of sp³-hybridized carbons (Fsp3) is 0.467. The van der Waals surface area contributed by atoms with E-state index in [0.717, 1.165) is 13.5 Å². The van der Waals surface area contributed by atoms with E-state index in [-0.39, 0.29) is 29.1 Å². The number of rotatable bonds is 8. The van der Waals surface area contributed by atoms with Crippen LogP contribution in [0, 0.1) is 5.92 Å². The predicted molar refractivity (Wildman–Crippen MR) is 97.0 cm³/mol. The van der Waals surface area contributed by atoms with Gasteiger partial charge in [-0.1, -0.05) is 26.3 Å². The largest absolute Gasteiger partial charge is 0.468 e. The Morgan fingerprint density at radius 2 is 1.96 bits per heavy atom. The molecule has 10 heteroatoms. The number of sulfonamides is 1. The number of amides is 1. The molecule has 2 atom stereocenters. The lowest BCUT2D eigenvalue weighted by molar-refractivity contribution is -0.139. The van der Waals surface area contributed by atoms with E-state index in [1.165, 1.54) is 18.2 Å². The van der Waals surface area contributed by atoms with Gasteiger partial charge in [-0.15, -0.1) is 12.4 Å². The van der Waals surface area contributed by atoms with Crippen LogP contribution in [0.5, 0.6) is 0 Å². The molecule has 0 aliphatic carbocycles. The van der Waals surface area contributed by atoms with Gasteiger partial charge in [-0.2, -0.15) is 4.72 Å².